The van der Waals surface area contributed by atoms with Crippen molar-refractivity contribution in [3.8, 4) is 0 Å². The van der Waals surface area contributed by atoms with Gasteiger partial charge in [0.2, 0.25) is 0 Å². The summed E-state index contributed by atoms with van der Waals surface area (Å²) >= 11 is 0. The fourth-order valence-corrected chi connectivity index (χ4v) is 1.60. The van der Waals surface area contributed by atoms with Crippen molar-refractivity contribution in [1.29, 1.82) is 0 Å². The molecule has 0 radical (unpaired) electrons. The maximum absolute atomic E-state index is 5.46. The van der Waals surface area contributed by atoms with E-state index in [4.69, 9.17) is 4.42 Å². The monoisotopic (exact) mass is 207 g/mol. The fraction of sp³-hybridized carbons (Fsp3) is 0.545. The van der Waals surface area contributed by atoms with Crippen LogP contribution in [-0.2, 0) is 6.54 Å². The van der Waals surface area contributed by atoms with E-state index in [1.807, 2.05) is 13.1 Å². The highest BCUT2D eigenvalue weighted by molar-refractivity contribution is 5.32. The second kappa shape index (κ2) is 4.49. The van der Waals surface area contributed by atoms with Crippen LogP contribution < -0.4 is 10.2 Å². The molecule has 1 saturated carbocycles. The zero-order valence-corrected chi connectivity index (χ0v) is 9.07. The number of oxazole rings is 1. The number of hydrogen-bond donors (Lipinski definition) is 1. The Morgan fingerprint density at radius 1 is 1.73 bits per heavy atom. The van der Waals surface area contributed by atoms with Crippen LogP contribution in [0.5, 0.6) is 0 Å². The van der Waals surface area contributed by atoms with E-state index in [1.54, 1.807) is 6.26 Å². The van der Waals surface area contributed by atoms with Gasteiger partial charge in [0.15, 0.2) is 0 Å². The Balaban J connectivity index is 2.07. The van der Waals surface area contributed by atoms with Crippen molar-refractivity contribution < 1.29 is 4.42 Å². The molecule has 1 aliphatic carbocycles. The van der Waals surface area contributed by atoms with Crippen LogP contribution in [0.25, 0.3) is 0 Å². The molecule has 0 bridgehead atoms. The Morgan fingerprint density at radius 3 is 3.13 bits per heavy atom. The molecule has 15 heavy (non-hydrogen) atoms. The van der Waals surface area contributed by atoms with Crippen LogP contribution in [0.15, 0.2) is 23.3 Å². The maximum Gasteiger partial charge on any atom is 0.298 e. The second-order valence-corrected chi connectivity index (χ2v) is 3.82. The van der Waals surface area contributed by atoms with Gasteiger partial charge in [0.25, 0.3) is 6.01 Å². The summed E-state index contributed by atoms with van der Waals surface area (Å²) in [7, 11) is 1.90. The first-order valence-electron chi connectivity index (χ1n) is 5.31. The van der Waals surface area contributed by atoms with Crippen LogP contribution in [0, 0.1) is 0 Å². The molecule has 1 fully saturated rings. The summed E-state index contributed by atoms with van der Waals surface area (Å²) in [6.45, 7) is 5.31. The van der Waals surface area contributed by atoms with Crippen molar-refractivity contribution in [2.75, 3.05) is 18.5 Å². The van der Waals surface area contributed by atoms with E-state index in [1.165, 1.54) is 12.8 Å². The van der Waals surface area contributed by atoms with Gasteiger partial charge in [-0.05, 0) is 19.9 Å². The van der Waals surface area contributed by atoms with Crippen LogP contribution >= 0.6 is 0 Å². The summed E-state index contributed by atoms with van der Waals surface area (Å²) in [6.07, 6.45) is 6.07. The quantitative estimate of drug-likeness (QED) is 0.719. The smallest absolute Gasteiger partial charge is 0.298 e. The van der Waals surface area contributed by atoms with Crippen LogP contribution in [0.3, 0.4) is 0 Å². The molecule has 0 aliphatic heterocycles. The standard InChI is InChI=1S/C11H17N3O/c1-3-6-14(10-4-5-10)11-13-9(7-12-2)8-15-11/h3,8,10,12H,1,4-7H2,2H3. The first kappa shape index (κ1) is 10.2. The summed E-state index contributed by atoms with van der Waals surface area (Å²) < 4.78 is 5.46. The van der Waals surface area contributed by atoms with Gasteiger partial charge in [-0.1, -0.05) is 6.08 Å². The van der Waals surface area contributed by atoms with Gasteiger partial charge in [-0.15, -0.1) is 6.58 Å². The molecular weight excluding hydrogens is 190 g/mol. The van der Waals surface area contributed by atoms with Gasteiger partial charge in [0, 0.05) is 19.1 Å². The number of rotatable bonds is 6. The normalized spacial score (nSPS) is 15.3. The minimum atomic E-state index is 0.601. The Hall–Kier alpha value is -1.29. The first-order valence-corrected chi connectivity index (χ1v) is 5.31. The van der Waals surface area contributed by atoms with Gasteiger partial charge in [-0.2, -0.15) is 4.98 Å². The Morgan fingerprint density at radius 2 is 2.53 bits per heavy atom. The molecule has 4 heteroatoms. The number of hydrogen-bond acceptors (Lipinski definition) is 4. The average molecular weight is 207 g/mol. The number of aromatic nitrogens is 1. The Kier molecular flexibility index (Phi) is 3.06. The molecule has 1 heterocycles. The molecule has 1 aliphatic rings. The molecule has 0 saturated heterocycles. The number of nitrogens with zero attached hydrogens (tertiary/aromatic N) is 2. The largest absolute Gasteiger partial charge is 0.432 e. The predicted molar refractivity (Wildman–Crippen MR) is 59.8 cm³/mol. The predicted octanol–water partition coefficient (Wildman–Crippen LogP) is 1.55. The highest BCUT2D eigenvalue weighted by atomic mass is 16.4. The minimum absolute atomic E-state index is 0.601. The topological polar surface area (TPSA) is 41.3 Å². The fourth-order valence-electron chi connectivity index (χ4n) is 1.60. The third-order valence-corrected chi connectivity index (χ3v) is 2.46. The SMILES string of the molecule is C=CCN(c1nc(CNC)co1)C1CC1. The molecular formula is C11H17N3O. The van der Waals surface area contributed by atoms with E-state index < -0.39 is 0 Å². The molecule has 0 unspecified atom stereocenters. The lowest BCUT2D eigenvalue weighted by Gasteiger charge is -2.17. The van der Waals surface area contributed by atoms with Gasteiger partial charge in [-0.25, -0.2) is 0 Å². The summed E-state index contributed by atoms with van der Waals surface area (Å²) in [5.74, 6) is 0. The van der Waals surface area contributed by atoms with E-state index in [0.29, 0.717) is 6.04 Å². The van der Waals surface area contributed by atoms with Crippen LogP contribution in [0.2, 0.25) is 0 Å². The van der Waals surface area contributed by atoms with E-state index >= 15 is 0 Å². The van der Waals surface area contributed by atoms with Crippen molar-refractivity contribution in [2.45, 2.75) is 25.4 Å². The molecule has 0 amide bonds. The van der Waals surface area contributed by atoms with E-state index in [0.717, 1.165) is 24.8 Å². The highest BCUT2D eigenvalue weighted by Gasteiger charge is 2.31. The molecule has 1 aromatic heterocycles. The zero-order valence-electron chi connectivity index (χ0n) is 9.07. The second-order valence-electron chi connectivity index (χ2n) is 3.82. The van der Waals surface area contributed by atoms with E-state index in [-0.39, 0.29) is 0 Å². The van der Waals surface area contributed by atoms with Gasteiger partial charge < -0.3 is 14.6 Å². The Bertz CT molecular complexity index is 330. The van der Waals surface area contributed by atoms with Crippen molar-refractivity contribution in [2.24, 2.45) is 0 Å². The van der Waals surface area contributed by atoms with Gasteiger partial charge >= 0.3 is 0 Å². The van der Waals surface area contributed by atoms with E-state index in [2.05, 4.69) is 21.8 Å². The van der Waals surface area contributed by atoms with Crippen LogP contribution in [0.1, 0.15) is 18.5 Å². The summed E-state index contributed by atoms with van der Waals surface area (Å²) in [5, 5.41) is 3.05. The minimum Gasteiger partial charge on any atom is -0.432 e. The summed E-state index contributed by atoms with van der Waals surface area (Å²) in [5.41, 5.74) is 0.946. The summed E-state index contributed by atoms with van der Waals surface area (Å²) in [6, 6.07) is 1.33. The third-order valence-electron chi connectivity index (χ3n) is 2.46. The molecule has 4 nitrogen and oxygen atoms in total. The highest BCUT2D eigenvalue weighted by Crippen LogP contribution is 2.30. The van der Waals surface area contributed by atoms with Crippen molar-refractivity contribution >= 4 is 6.01 Å². The molecule has 82 valence electrons. The molecule has 0 spiro atoms. The molecule has 0 atom stereocenters. The van der Waals surface area contributed by atoms with Gasteiger partial charge in [-0.3, -0.25) is 0 Å². The van der Waals surface area contributed by atoms with Crippen molar-refractivity contribution in [3.05, 3.63) is 24.6 Å². The number of nitrogens with one attached hydrogen (secondary N) is 1. The number of anilines is 1. The molecule has 1 aromatic rings. The van der Waals surface area contributed by atoms with Gasteiger partial charge in [0.05, 0.1) is 5.69 Å². The molecule has 2 rings (SSSR count). The van der Waals surface area contributed by atoms with Crippen LogP contribution in [-0.4, -0.2) is 24.6 Å². The first-order chi connectivity index (χ1) is 7.35. The third kappa shape index (κ3) is 2.39. The maximum atomic E-state index is 5.46. The van der Waals surface area contributed by atoms with Gasteiger partial charge in [0.1, 0.15) is 6.26 Å². The van der Waals surface area contributed by atoms with Crippen molar-refractivity contribution in [3.63, 3.8) is 0 Å². The average Bonchev–Trinajstić information content (AvgIpc) is 2.96. The van der Waals surface area contributed by atoms with Crippen LogP contribution in [0.4, 0.5) is 6.01 Å². The Labute approximate surface area is 90.0 Å². The zero-order chi connectivity index (χ0) is 10.7. The molecule has 0 aromatic carbocycles. The lowest BCUT2D eigenvalue weighted by atomic mass is 10.5. The lowest BCUT2D eigenvalue weighted by Crippen LogP contribution is -2.25. The lowest BCUT2D eigenvalue weighted by molar-refractivity contribution is 0.537. The molecule has 1 N–H and O–H groups in total. The van der Waals surface area contributed by atoms with E-state index in [9.17, 15) is 0 Å². The van der Waals surface area contributed by atoms with Crippen molar-refractivity contribution in [1.82, 2.24) is 10.3 Å². The summed E-state index contributed by atoms with van der Waals surface area (Å²) in [4.78, 5) is 6.60.